The molecule has 2 rings (SSSR count). The van der Waals surface area contributed by atoms with Gasteiger partial charge >= 0.3 is 0 Å². The van der Waals surface area contributed by atoms with Crippen molar-refractivity contribution in [3.8, 4) is 28.5 Å². The monoisotopic (exact) mass is 275 g/mol. The van der Waals surface area contributed by atoms with E-state index in [0.29, 0.717) is 28.8 Å². The maximum absolute atomic E-state index is 5.41. The summed E-state index contributed by atoms with van der Waals surface area (Å²) < 4.78 is 16.0. The van der Waals surface area contributed by atoms with Crippen LogP contribution in [0.25, 0.3) is 11.3 Å². The number of methoxy groups -OCH3 is 3. The molecule has 0 aliphatic carbocycles. The minimum atomic E-state index is 0.600. The molecule has 0 bridgehead atoms. The molecule has 0 fully saturated rings. The molecule has 0 radical (unpaired) electrons. The highest BCUT2D eigenvalue weighted by Gasteiger charge is 2.17. The average molecular weight is 275 g/mol. The predicted octanol–water partition coefficient (Wildman–Crippen LogP) is 2.21. The van der Waals surface area contributed by atoms with Crippen LogP contribution in [0.15, 0.2) is 24.5 Å². The molecular weight excluding hydrogens is 258 g/mol. The number of ether oxygens (including phenoxy) is 3. The summed E-state index contributed by atoms with van der Waals surface area (Å²) in [5.74, 6) is 2.51. The van der Waals surface area contributed by atoms with Crippen molar-refractivity contribution >= 4 is 5.82 Å². The minimum absolute atomic E-state index is 0.600. The van der Waals surface area contributed by atoms with E-state index in [9.17, 15) is 0 Å². The van der Waals surface area contributed by atoms with Crippen LogP contribution in [-0.2, 0) is 0 Å². The van der Waals surface area contributed by atoms with E-state index in [-0.39, 0.29) is 0 Å². The second-order valence-electron chi connectivity index (χ2n) is 3.91. The topological polar surface area (TPSA) is 65.5 Å². The van der Waals surface area contributed by atoms with Gasteiger partial charge in [-0.05, 0) is 6.07 Å². The summed E-state index contributed by atoms with van der Waals surface area (Å²) in [7, 11) is 6.56. The van der Waals surface area contributed by atoms with Crippen molar-refractivity contribution in [1.82, 2.24) is 9.97 Å². The zero-order chi connectivity index (χ0) is 14.5. The van der Waals surface area contributed by atoms with Crippen molar-refractivity contribution < 1.29 is 14.2 Å². The van der Waals surface area contributed by atoms with Crippen molar-refractivity contribution in [3.05, 3.63) is 24.5 Å². The molecule has 1 aromatic carbocycles. The largest absolute Gasteiger partial charge is 0.496 e. The van der Waals surface area contributed by atoms with E-state index in [2.05, 4.69) is 15.3 Å². The van der Waals surface area contributed by atoms with Crippen LogP contribution in [0, 0.1) is 0 Å². The van der Waals surface area contributed by atoms with E-state index in [0.717, 1.165) is 5.56 Å². The number of rotatable bonds is 5. The summed E-state index contributed by atoms with van der Waals surface area (Å²) in [5, 5.41) is 3.01. The van der Waals surface area contributed by atoms with Crippen LogP contribution in [0.2, 0.25) is 0 Å². The van der Waals surface area contributed by atoms with Crippen LogP contribution in [0.5, 0.6) is 17.2 Å². The van der Waals surface area contributed by atoms with Crippen LogP contribution in [0.4, 0.5) is 5.82 Å². The molecule has 0 aliphatic rings. The molecule has 6 nitrogen and oxygen atoms in total. The second kappa shape index (κ2) is 6.10. The molecule has 0 saturated heterocycles. The molecular formula is C14H17N3O3. The van der Waals surface area contributed by atoms with Crippen LogP contribution < -0.4 is 19.5 Å². The summed E-state index contributed by atoms with van der Waals surface area (Å²) >= 11 is 0. The number of aromatic nitrogens is 2. The Balaban J connectivity index is 2.66. The first kappa shape index (κ1) is 13.9. The standard InChI is InChI=1S/C14H17N3O3/c1-15-14-13(16-5-6-17-14)9-7-11(19-3)12(20-4)8-10(9)18-2/h5-8H,1-4H3,(H,15,17). The lowest BCUT2D eigenvalue weighted by atomic mass is 10.1. The van der Waals surface area contributed by atoms with Gasteiger partial charge < -0.3 is 19.5 Å². The highest BCUT2D eigenvalue weighted by Crippen LogP contribution is 2.40. The van der Waals surface area contributed by atoms with Gasteiger partial charge in [-0.2, -0.15) is 0 Å². The second-order valence-corrected chi connectivity index (χ2v) is 3.91. The molecule has 6 heteroatoms. The number of benzene rings is 1. The molecule has 0 amide bonds. The van der Waals surface area contributed by atoms with Crippen LogP contribution in [0.3, 0.4) is 0 Å². The number of hydrogen-bond acceptors (Lipinski definition) is 6. The highest BCUT2D eigenvalue weighted by molar-refractivity contribution is 5.78. The summed E-state index contributed by atoms with van der Waals surface area (Å²) in [6.07, 6.45) is 3.26. The number of nitrogens with one attached hydrogen (secondary N) is 1. The fourth-order valence-electron chi connectivity index (χ4n) is 1.93. The van der Waals surface area contributed by atoms with Gasteiger partial charge in [0.15, 0.2) is 17.3 Å². The van der Waals surface area contributed by atoms with Gasteiger partial charge in [0.25, 0.3) is 0 Å². The number of anilines is 1. The van der Waals surface area contributed by atoms with E-state index in [1.165, 1.54) is 0 Å². The van der Waals surface area contributed by atoms with Crippen LogP contribution in [0.1, 0.15) is 0 Å². The Morgan fingerprint density at radius 2 is 1.45 bits per heavy atom. The smallest absolute Gasteiger partial charge is 0.164 e. The fourth-order valence-corrected chi connectivity index (χ4v) is 1.93. The Kier molecular flexibility index (Phi) is 4.24. The van der Waals surface area contributed by atoms with E-state index in [1.54, 1.807) is 46.8 Å². The first-order chi connectivity index (χ1) is 9.74. The Bertz CT molecular complexity index is 602. The van der Waals surface area contributed by atoms with Gasteiger partial charge in [0.1, 0.15) is 11.4 Å². The lowest BCUT2D eigenvalue weighted by molar-refractivity contribution is 0.349. The van der Waals surface area contributed by atoms with Gasteiger partial charge in [-0.15, -0.1) is 0 Å². The van der Waals surface area contributed by atoms with Gasteiger partial charge in [-0.3, -0.25) is 4.98 Å². The Hall–Kier alpha value is -2.50. The third-order valence-corrected chi connectivity index (χ3v) is 2.90. The van der Waals surface area contributed by atoms with Gasteiger partial charge in [-0.25, -0.2) is 4.98 Å². The molecule has 0 spiro atoms. The maximum Gasteiger partial charge on any atom is 0.164 e. The average Bonchev–Trinajstić information content (AvgIpc) is 2.53. The maximum atomic E-state index is 5.41. The molecule has 1 aromatic heterocycles. The molecule has 1 heterocycles. The summed E-state index contributed by atoms with van der Waals surface area (Å²) in [6, 6.07) is 3.59. The normalized spacial score (nSPS) is 10.0. The predicted molar refractivity (Wildman–Crippen MR) is 76.7 cm³/mol. The highest BCUT2D eigenvalue weighted by atomic mass is 16.5. The molecule has 0 unspecified atom stereocenters. The molecule has 2 aromatic rings. The van der Waals surface area contributed by atoms with Gasteiger partial charge in [0, 0.05) is 31.1 Å². The fraction of sp³-hybridized carbons (Fsp3) is 0.286. The Morgan fingerprint density at radius 3 is 2.05 bits per heavy atom. The Labute approximate surface area is 117 Å². The first-order valence-electron chi connectivity index (χ1n) is 6.04. The molecule has 1 N–H and O–H groups in total. The van der Waals surface area contributed by atoms with Crippen molar-refractivity contribution in [2.45, 2.75) is 0 Å². The van der Waals surface area contributed by atoms with Crippen molar-refractivity contribution in [3.63, 3.8) is 0 Å². The summed E-state index contributed by atoms with van der Waals surface area (Å²) in [4.78, 5) is 8.60. The van der Waals surface area contributed by atoms with Crippen LogP contribution in [-0.4, -0.2) is 38.3 Å². The van der Waals surface area contributed by atoms with Gasteiger partial charge in [0.05, 0.1) is 21.3 Å². The summed E-state index contributed by atoms with van der Waals surface area (Å²) in [6.45, 7) is 0. The molecule has 0 aliphatic heterocycles. The molecule has 20 heavy (non-hydrogen) atoms. The summed E-state index contributed by atoms with van der Waals surface area (Å²) in [5.41, 5.74) is 1.47. The minimum Gasteiger partial charge on any atom is -0.496 e. The SMILES string of the molecule is CNc1nccnc1-c1cc(OC)c(OC)cc1OC. The van der Waals surface area contributed by atoms with Gasteiger partial charge in [-0.1, -0.05) is 0 Å². The van der Waals surface area contributed by atoms with Crippen molar-refractivity contribution in [2.24, 2.45) is 0 Å². The lowest BCUT2D eigenvalue weighted by Crippen LogP contribution is -2.00. The van der Waals surface area contributed by atoms with E-state index in [4.69, 9.17) is 14.2 Å². The zero-order valence-corrected chi connectivity index (χ0v) is 11.9. The van der Waals surface area contributed by atoms with E-state index in [1.807, 2.05) is 6.07 Å². The number of hydrogen-bond donors (Lipinski definition) is 1. The lowest BCUT2D eigenvalue weighted by Gasteiger charge is -2.15. The third-order valence-electron chi connectivity index (χ3n) is 2.90. The molecule has 0 atom stereocenters. The third kappa shape index (κ3) is 2.45. The molecule has 0 saturated carbocycles. The van der Waals surface area contributed by atoms with E-state index >= 15 is 0 Å². The Morgan fingerprint density at radius 1 is 0.850 bits per heavy atom. The van der Waals surface area contributed by atoms with E-state index < -0.39 is 0 Å². The van der Waals surface area contributed by atoms with Gasteiger partial charge in [0.2, 0.25) is 0 Å². The van der Waals surface area contributed by atoms with Crippen molar-refractivity contribution in [1.29, 1.82) is 0 Å². The number of nitrogens with zero attached hydrogens (tertiary/aromatic N) is 2. The quantitative estimate of drug-likeness (QED) is 0.902. The van der Waals surface area contributed by atoms with Crippen LogP contribution >= 0.6 is 0 Å². The molecule has 106 valence electrons. The first-order valence-corrected chi connectivity index (χ1v) is 6.04. The van der Waals surface area contributed by atoms with Crippen molar-refractivity contribution in [2.75, 3.05) is 33.7 Å². The zero-order valence-electron chi connectivity index (χ0n) is 11.9.